The van der Waals surface area contributed by atoms with E-state index in [0.29, 0.717) is 11.3 Å². The standard InChI is InChI=1S/C24H14FN5O2/c25-19-10-16(9-8-14(19)11-26)30-20-6-2-1-4-18(20)22-17(5-3-7-21(22)30)15-12-28-24(29-13-15)32-23(27)31/h1-10,12-13H,(H2,27,31). The van der Waals surface area contributed by atoms with Crippen molar-refractivity contribution in [1.82, 2.24) is 14.5 Å². The number of amides is 1. The smallest absolute Gasteiger partial charge is 0.374 e. The molecule has 0 aliphatic rings. The molecule has 1 amide bonds. The number of para-hydroxylation sites is 1. The normalized spacial score (nSPS) is 10.9. The number of carbonyl (C=O) groups is 1. The van der Waals surface area contributed by atoms with Crippen LogP contribution in [-0.2, 0) is 0 Å². The molecule has 0 unspecified atom stereocenters. The number of fused-ring (bicyclic) bond motifs is 3. The van der Waals surface area contributed by atoms with Crippen molar-refractivity contribution in [2.24, 2.45) is 5.73 Å². The van der Waals surface area contributed by atoms with Crippen LogP contribution in [0.2, 0.25) is 0 Å². The lowest BCUT2D eigenvalue weighted by Crippen LogP contribution is -2.17. The number of nitrogens with two attached hydrogens (primary N) is 1. The monoisotopic (exact) mass is 423 g/mol. The van der Waals surface area contributed by atoms with Gasteiger partial charge in [-0.2, -0.15) is 5.26 Å². The number of hydrogen-bond donors (Lipinski definition) is 1. The Labute approximate surface area is 181 Å². The van der Waals surface area contributed by atoms with Crippen molar-refractivity contribution >= 4 is 27.9 Å². The Morgan fingerprint density at radius 3 is 2.50 bits per heavy atom. The number of rotatable bonds is 3. The Balaban J connectivity index is 1.77. The van der Waals surface area contributed by atoms with Crippen molar-refractivity contribution in [3.63, 3.8) is 0 Å². The van der Waals surface area contributed by atoms with Gasteiger partial charge in [0.1, 0.15) is 11.9 Å². The number of nitriles is 1. The van der Waals surface area contributed by atoms with Gasteiger partial charge in [0.15, 0.2) is 0 Å². The van der Waals surface area contributed by atoms with Crippen molar-refractivity contribution in [3.05, 3.63) is 84.4 Å². The van der Waals surface area contributed by atoms with E-state index in [2.05, 4.69) is 9.97 Å². The molecule has 0 fully saturated rings. The molecule has 0 aliphatic heterocycles. The third-order valence-electron chi connectivity index (χ3n) is 5.16. The molecule has 32 heavy (non-hydrogen) atoms. The topological polar surface area (TPSA) is 107 Å². The molecule has 7 nitrogen and oxygen atoms in total. The van der Waals surface area contributed by atoms with Crippen LogP contribution >= 0.6 is 0 Å². The number of ether oxygens (including phenoxy) is 1. The number of primary amides is 1. The molecule has 0 bridgehead atoms. The number of halogens is 1. The van der Waals surface area contributed by atoms with E-state index in [0.717, 1.165) is 27.4 Å². The van der Waals surface area contributed by atoms with E-state index in [4.69, 9.17) is 15.7 Å². The van der Waals surface area contributed by atoms with E-state index in [1.165, 1.54) is 12.1 Å². The maximum absolute atomic E-state index is 14.4. The maximum Gasteiger partial charge on any atom is 0.412 e. The van der Waals surface area contributed by atoms with Gasteiger partial charge >= 0.3 is 12.1 Å². The van der Waals surface area contributed by atoms with Gasteiger partial charge in [-0.3, -0.25) is 0 Å². The van der Waals surface area contributed by atoms with Crippen LogP contribution in [0.3, 0.4) is 0 Å². The lowest BCUT2D eigenvalue weighted by molar-refractivity contribution is 0.207. The molecule has 2 heterocycles. The first-order chi connectivity index (χ1) is 15.6. The highest BCUT2D eigenvalue weighted by atomic mass is 19.1. The number of aromatic nitrogens is 3. The Kier molecular flexibility index (Phi) is 4.49. The minimum Gasteiger partial charge on any atom is -0.374 e. The first kappa shape index (κ1) is 19.2. The second-order valence-corrected chi connectivity index (χ2v) is 7.00. The second-order valence-electron chi connectivity index (χ2n) is 7.00. The van der Waals surface area contributed by atoms with Crippen molar-refractivity contribution in [3.8, 4) is 28.9 Å². The minimum atomic E-state index is -0.988. The van der Waals surface area contributed by atoms with E-state index in [9.17, 15) is 9.18 Å². The Morgan fingerprint density at radius 1 is 1.03 bits per heavy atom. The summed E-state index contributed by atoms with van der Waals surface area (Å²) in [5.74, 6) is -0.578. The molecule has 0 radical (unpaired) electrons. The zero-order valence-electron chi connectivity index (χ0n) is 16.5. The summed E-state index contributed by atoms with van der Waals surface area (Å²) in [6.07, 6.45) is 2.11. The number of benzene rings is 3. The lowest BCUT2D eigenvalue weighted by Gasteiger charge is -2.09. The summed E-state index contributed by atoms with van der Waals surface area (Å²) >= 11 is 0. The number of hydrogen-bond acceptors (Lipinski definition) is 5. The average molecular weight is 423 g/mol. The number of nitrogens with zero attached hydrogens (tertiary/aromatic N) is 4. The molecule has 0 saturated carbocycles. The fourth-order valence-electron chi connectivity index (χ4n) is 3.87. The van der Waals surface area contributed by atoms with Gasteiger partial charge in [0.2, 0.25) is 0 Å². The predicted octanol–water partition coefficient (Wildman–Crippen LogP) is 4.71. The van der Waals surface area contributed by atoms with Crippen LogP contribution in [0, 0.1) is 17.1 Å². The zero-order valence-corrected chi connectivity index (χ0v) is 16.5. The van der Waals surface area contributed by atoms with Crippen LogP contribution in [0.25, 0.3) is 38.6 Å². The van der Waals surface area contributed by atoms with Crippen molar-refractivity contribution in [1.29, 1.82) is 5.26 Å². The van der Waals surface area contributed by atoms with Gasteiger partial charge in [-0.1, -0.05) is 30.3 Å². The first-order valence-corrected chi connectivity index (χ1v) is 9.58. The lowest BCUT2D eigenvalue weighted by atomic mass is 10.0. The van der Waals surface area contributed by atoms with Gasteiger partial charge in [0, 0.05) is 34.4 Å². The van der Waals surface area contributed by atoms with Crippen molar-refractivity contribution < 1.29 is 13.9 Å². The quantitative estimate of drug-likeness (QED) is 0.452. The van der Waals surface area contributed by atoms with Crippen LogP contribution in [0.5, 0.6) is 6.01 Å². The summed E-state index contributed by atoms with van der Waals surface area (Å²) < 4.78 is 21.1. The summed E-state index contributed by atoms with van der Waals surface area (Å²) in [5.41, 5.74) is 8.91. The van der Waals surface area contributed by atoms with E-state index in [1.54, 1.807) is 18.5 Å². The molecular weight excluding hydrogens is 409 g/mol. The summed E-state index contributed by atoms with van der Waals surface area (Å²) in [4.78, 5) is 19.0. The van der Waals surface area contributed by atoms with Gasteiger partial charge in [-0.05, 0) is 35.9 Å². The second kappa shape index (κ2) is 7.49. The van der Waals surface area contributed by atoms with E-state index < -0.39 is 11.9 Å². The van der Waals surface area contributed by atoms with Crippen LogP contribution in [0.1, 0.15) is 5.56 Å². The molecule has 3 aromatic carbocycles. The molecule has 0 saturated heterocycles. The highest BCUT2D eigenvalue weighted by Gasteiger charge is 2.17. The molecule has 8 heteroatoms. The molecular formula is C24H14FN5O2. The summed E-state index contributed by atoms with van der Waals surface area (Å²) in [5, 5.41) is 11.0. The van der Waals surface area contributed by atoms with Crippen LogP contribution in [-0.4, -0.2) is 20.6 Å². The summed E-state index contributed by atoms with van der Waals surface area (Å²) in [6.45, 7) is 0. The highest BCUT2D eigenvalue weighted by Crippen LogP contribution is 2.38. The SMILES string of the molecule is N#Cc1ccc(-n2c3ccccc3c3c(-c4cnc(OC(N)=O)nc4)cccc32)cc1F. The fraction of sp³-hybridized carbons (Fsp3) is 0. The average Bonchev–Trinajstić information content (AvgIpc) is 3.14. The molecule has 0 spiro atoms. The van der Waals surface area contributed by atoms with Crippen molar-refractivity contribution in [2.45, 2.75) is 0 Å². The van der Waals surface area contributed by atoms with Gasteiger partial charge in [0.05, 0.1) is 16.6 Å². The van der Waals surface area contributed by atoms with E-state index in [1.807, 2.05) is 53.1 Å². The van der Waals surface area contributed by atoms with Crippen LogP contribution in [0.15, 0.2) is 73.1 Å². The van der Waals surface area contributed by atoms with Gasteiger partial charge < -0.3 is 15.0 Å². The third kappa shape index (κ3) is 3.09. The van der Waals surface area contributed by atoms with Crippen LogP contribution in [0.4, 0.5) is 9.18 Å². The molecule has 5 rings (SSSR count). The zero-order chi connectivity index (χ0) is 22.2. The van der Waals surface area contributed by atoms with E-state index in [-0.39, 0.29) is 11.6 Å². The predicted molar refractivity (Wildman–Crippen MR) is 117 cm³/mol. The van der Waals surface area contributed by atoms with Gasteiger partial charge in [0.25, 0.3) is 0 Å². The van der Waals surface area contributed by atoms with Crippen molar-refractivity contribution in [2.75, 3.05) is 0 Å². The molecule has 0 aliphatic carbocycles. The summed E-state index contributed by atoms with van der Waals surface area (Å²) in [7, 11) is 0. The Bertz CT molecular complexity index is 1550. The molecule has 0 atom stereocenters. The molecule has 5 aromatic rings. The maximum atomic E-state index is 14.4. The number of carbonyl (C=O) groups excluding carboxylic acids is 1. The molecule has 2 aromatic heterocycles. The summed E-state index contributed by atoms with van der Waals surface area (Å²) in [6, 6.07) is 19.8. The molecule has 154 valence electrons. The largest absolute Gasteiger partial charge is 0.412 e. The minimum absolute atomic E-state index is 0.00868. The molecule has 2 N–H and O–H groups in total. The Morgan fingerprint density at radius 2 is 1.78 bits per heavy atom. The van der Waals surface area contributed by atoms with Crippen LogP contribution < -0.4 is 10.5 Å². The van der Waals surface area contributed by atoms with Gasteiger partial charge in [-0.25, -0.2) is 19.2 Å². The fourth-order valence-corrected chi connectivity index (χ4v) is 3.87. The first-order valence-electron chi connectivity index (χ1n) is 9.58. The third-order valence-corrected chi connectivity index (χ3v) is 5.16. The highest BCUT2D eigenvalue weighted by molar-refractivity contribution is 6.15. The van der Waals surface area contributed by atoms with Gasteiger partial charge in [-0.15, -0.1) is 0 Å². The van der Waals surface area contributed by atoms with E-state index >= 15 is 0 Å². The Hall–Kier alpha value is -4.77.